The van der Waals surface area contributed by atoms with E-state index in [9.17, 15) is 0 Å². The highest BCUT2D eigenvalue weighted by atomic mass is 35.5. The Kier molecular flexibility index (Phi) is 3.04. The molecule has 0 bridgehead atoms. The maximum Gasteiger partial charge on any atom is 0.159 e. The van der Waals surface area contributed by atoms with E-state index in [2.05, 4.69) is 9.97 Å². The van der Waals surface area contributed by atoms with Crippen molar-refractivity contribution in [2.45, 2.75) is 17.7 Å². The summed E-state index contributed by atoms with van der Waals surface area (Å²) in [7, 11) is 0. The number of rotatable bonds is 1. The van der Waals surface area contributed by atoms with Gasteiger partial charge in [0.15, 0.2) is 5.82 Å². The van der Waals surface area contributed by atoms with Gasteiger partial charge in [-0.25, -0.2) is 9.97 Å². The second-order valence-electron chi connectivity index (χ2n) is 3.97. The van der Waals surface area contributed by atoms with Crippen molar-refractivity contribution in [1.82, 2.24) is 9.97 Å². The van der Waals surface area contributed by atoms with Crippen LogP contribution in [0.4, 0.5) is 0 Å². The number of fused-ring (bicyclic) bond motifs is 1. The molecule has 2 heterocycles. The lowest BCUT2D eigenvalue weighted by atomic mass is 10.2. The number of aromatic nitrogens is 2. The molecule has 0 saturated heterocycles. The fraction of sp³-hybridized carbons (Fsp3) is 0.231. The molecule has 3 rings (SSSR count). The minimum atomic E-state index is 0.721. The first-order valence-corrected chi connectivity index (χ1v) is 6.94. The van der Waals surface area contributed by atoms with Crippen LogP contribution in [-0.4, -0.2) is 15.7 Å². The van der Waals surface area contributed by atoms with Gasteiger partial charge in [0.05, 0.1) is 5.69 Å². The molecule has 0 fully saturated rings. The topological polar surface area (TPSA) is 25.8 Å². The standard InChI is InChI=1S/C13H11ClN2S/c14-10-4-1-3-9(7-10)13-15-8-12-11(16-13)5-2-6-17-12/h1,3-4,7-8H,2,5-6H2. The molecule has 0 spiro atoms. The van der Waals surface area contributed by atoms with Gasteiger partial charge in [0, 0.05) is 21.7 Å². The van der Waals surface area contributed by atoms with Gasteiger partial charge in [0.1, 0.15) is 0 Å². The number of benzene rings is 1. The SMILES string of the molecule is Clc1cccc(-c2ncc3c(n2)CCCS3)c1. The van der Waals surface area contributed by atoms with Crippen LogP contribution in [0.3, 0.4) is 0 Å². The normalized spacial score (nSPS) is 14.4. The van der Waals surface area contributed by atoms with Crippen LogP contribution in [0.15, 0.2) is 35.4 Å². The molecular weight excluding hydrogens is 252 g/mol. The van der Waals surface area contributed by atoms with Gasteiger partial charge in [0.2, 0.25) is 0 Å². The van der Waals surface area contributed by atoms with E-state index in [1.165, 1.54) is 22.8 Å². The highest BCUT2D eigenvalue weighted by Crippen LogP contribution is 2.29. The Labute approximate surface area is 109 Å². The molecule has 0 radical (unpaired) electrons. The lowest BCUT2D eigenvalue weighted by molar-refractivity contribution is 0.831. The molecule has 1 aliphatic heterocycles. The molecule has 2 aromatic rings. The molecule has 4 heteroatoms. The van der Waals surface area contributed by atoms with E-state index in [-0.39, 0.29) is 0 Å². The van der Waals surface area contributed by atoms with E-state index < -0.39 is 0 Å². The van der Waals surface area contributed by atoms with Crippen molar-refractivity contribution in [3.05, 3.63) is 41.2 Å². The van der Waals surface area contributed by atoms with Crippen LogP contribution in [0.25, 0.3) is 11.4 Å². The third-order valence-electron chi connectivity index (χ3n) is 2.73. The summed E-state index contributed by atoms with van der Waals surface area (Å²) < 4.78 is 0. The Bertz CT molecular complexity index is 557. The lowest BCUT2D eigenvalue weighted by Crippen LogP contribution is -2.03. The van der Waals surface area contributed by atoms with Gasteiger partial charge in [-0.1, -0.05) is 23.7 Å². The largest absolute Gasteiger partial charge is 0.235 e. The number of hydrogen-bond donors (Lipinski definition) is 0. The fourth-order valence-electron chi connectivity index (χ4n) is 1.89. The molecule has 17 heavy (non-hydrogen) atoms. The van der Waals surface area contributed by atoms with E-state index >= 15 is 0 Å². The summed E-state index contributed by atoms with van der Waals surface area (Å²) >= 11 is 7.82. The van der Waals surface area contributed by atoms with Crippen molar-refractivity contribution in [2.75, 3.05) is 5.75 Å². The van der Waals surface area contributed by atoms with E-state index in [0.717, 1.165) is 22.8 Å². The lowest BCUT2D eigenvalue weighted by Gasteiger charge is -2.14. The first kappa shape index (κ1) is 11.1. The van der Waals surface area contributed by atoms with Gasteiger partial charge in [-0.15, -0.1) is 11.8 Å². The van der Waals surface area contributed by atoms with Crippen molar-refractivity contribution in [3.63, 3.8) is 0 Å². The summed E-state index contributed by atoms with van der Waals surface area (Å²) in [6, 6.07) is 7.68. The Morgan fingerprint density at radius 1 is 1.29 bits per heavy atom. The molecule has 1 aromatic carbocycles. The molecule has 0 unspecified atom stereocenters. The van der Waals surface area contributed by atoms with E-state index in [4.69, 9.17) is 11.6 Å². The van der Waals surface area contributed by atoms with E-state index in [1.807, 2.05) is 42.2 Å². The molecule has 0 amide bonds. The second-order valence-corrected chi connectivity index (χ2v) is 5.54. The number of thioether (sulfide) groups is 1. The van der Waals surface area contributed by atoms with Crippen molar-refractivity contribution in [1.29, 1.82) is 0 Å². The smallest absolute Gasteiger partial charge is 0.159 e. The summed E-state index contributed by atoms with van der Waals surface area (Å²) in [5.74, 6) is 1.95. The maximum absolute atomic E-state index is 5.98. The summed E-state index contributed by atoms with van der Waals surface area (Å²) in [5.41, 5.74) is 2.15. The van der Waals surface area contributed by atoms with Crippen LogP contribution >= 0.6 is 23.4 Å². The van der Waals surface area contributed by atoms with Crippen LogP contribution < -0.4 is 0 Å². The molecule has 86 valence electrons. The second kappa shape index (κ2) is 4.67. The summed E-state index contributed by atoms with van der Waals surface area (Å²) in [5, 5.41) is 0.721. The number of hydrogen-bond acceptors (Lipinski definition) is 3. The molecule has 1 aliphatic rings. The zero-order valence-corrected chi connectivity index (χ0v) is 10.8. The highest BCUT2D eigenvalue weighted by Gasteiger charge is 2.13. The average molecular weight is 263 g/mol. The average Bonchev–Trinajstić information content (AvgIpc) is 2.38. The van der Waals surface area contributed by atoms with Gasteiger partial charge >= 0.3 is 0 Å². The van der Waals surface area contributed by atoms with E-state index in [1.54, 1.807) is 0 Å². The van der Waals surface area contributed by atoms with Crippen molar-refractivity contribution < 1.29 is 0 Å². The zero-order valence-electron chi connectivity index (χ0n) is 9.19. The van der Waals surface area contributed by atoms with Crippen LogP contribution in [0, 0.1) is 0 Å². The van der Waals surface area contributed by atoms with Crippen molar-refractivity contribution in [2.24, 2.45) is 0 Å². The zero-order chi connectivity index (χ0) is 11.7. The number of nitrogens with zero attached hydrogens (tertiary/aromatic N) is 2. The summed E-state index contributed by atoms with van der Waals surface area (Å²) in [6.07, 6.45) is 4.19. The molecule has 0 saturated carbocycles. The Morgan fingerprint density at radius 2 is 2.24 bits per heavy atom. The van der Waals surface area contributed by atoms with Gasteiger partial charge < -0.3 is 0 Å². The fourth-order valence-corrected chi connectivity index (χ4v) is 3.03. The Morgan fingerprint density at radius 3 is 3.12 bits per heavy atom. The molecule has 0 aliphatic carbocycles. The molecule has 2 nitrogen and oxygen atoms in total. The minimum Gasteiger partial charge on any atom is -0.235 e. The van der Waals surface area contributed by atoms with Gasteiger partial charge in [-0.2, -0.15) is 0 Å². The first-order chi connectivity index (χ1) is 8.33. The Balaban J connectivity index is 2.04. The number of aryl methyl sites for hydroxylation is 1. The van der Waals surface area contributed by atoms with Crippen molar-refractivity contribution >= 4 is 23.4 Å². The van der Waals surface area contributed by atoms with Crippen LogP contribution in [0.1, 0.15) is 12.1 Å². The van der Waals surface area contributed by atoms with Crippen LogP contribution in [0.2, 0.25) is 5.02 Å². The number of halogens is 1. The van der Waals surface area contributed by atoms with E-state index in [0.29, 0.717) is 0 Å². The Hall–Kier alpha value is -1.06. The quantitative estimate of drug-likeness (QED) is 0.781. The maximum atomic E-state index is 5.98. The monoisotopic (exact) mass is 262 g/mol. The molecule has 1 aromatic heterocycles. The van der Waals surface area contributed by atoms with Gasteiger partial charge in [-0.05, 0) is 30.7 Å². The molecule has 0 atom stereocenters. The third kappa shape index (κ3) is 2.31. The molecular formula is C13H11ClN2S. The third-order valence-corrected chi connectivity index (χ3v) is 4.11. The van der Waals surface area contributed by atoms with Crippen LogP contribution in [0.5, 0.6) is 0 Å². The molecule has 0 N–H and O–H groups in total. The van der Waals surface area contributed by atoms with Gasteiger partial charge in [-0.3, -0.25) is 0 Å². The predicted molar refractivity (Wildman–Crippen MR) is 71.5 cm³/mol. The predicted octanol–water partition coefficient (Wildman–Crippen LogP) is 3.84. The van der Waals surface area contributed by atoms with Gasteiger partial charge in [0.25, 0.3) is 0 Å². The summed E-state index contributed by atoms with van der Waals surface area (Å²) in [6.45, 7) is 0. The van der Waals surface area contributed by atoms with Crippen molar-refractivity contribution in [3.8, 4) is 11.4 Å². The first-order valence-electron chi connectivity index (χ1n) is 5.57. The minimum absolute atomic E-state index is 0.721. The highest BCUT2D eigenvalue weighted by molar-refractivity contribution is 7.99. The summed E-state index contributed by atoms with van der Waals surface area (Å²) in [4.78, 5) is 10.3. The van der Waals surface area contributed by atoms with Crippen LogP contribution in [-0.2, 0) is 6.42 Å².